The Balaban J connectivity index is 1.86. The van der Waals surface area contributed by atoms with E-state index in [1.54, 1.807) is 11.3 Å². The van der Waals surface area contributed by atoms with Crippen molar-refractivity contribution < 1.29 is 0 Å². The van der Waals surface area contributed by atoms with E-state index in [1.165, 1.54) is 16.1 Å². The predicted octanol–water partition coefficient (Wildman–Crippen LogP) is 2.08. The van der Waals surface area contributed by atoms with E-state index in [0.29, 0.717) is 0 Å². The number of nitrogens with one attached hydrogen (secondary N) is 1. The summed E-state index contributed by atoms with van der Waals surface area (Å²) in [7, 11) is 1.97. The first kappa shape index (κ1) is 10.4. The number of aryl methyl sites for hydroxylation is 2. The van der Waals surface area contributed by atoms with Crippen LogP contribution in [-0.4, -0.2) is 9.78 Å². The highest BCUT2D eigenvalue weighted by Gasteiger charge is 2.00. The Morgan fingerprint density at radius 3 is 2.87 bits per heavy atom. The van der Waals surface area contributed by atoms with Crippen LogP contribution in [0.3, 0.4) is 0 Å². The lowest BCUT2D eigenvalue weighted by atomic mass is 10.3. The van der Waals surface area contributed by atoms with Crippen molar-refractivity contribution in [2.75, 3.05) is 0 Å². The summed E-state index contributed by atoms with van der Waals surface area (Å²) >= 11 is 1.81. The third kappa shape index (κ3) is 2.46. The third-order valence-corrected chi connectivity index (χ3v) is 3.51. The molecule has 2 aromatic rings. The molecule has 0 aromatic carbocycles. The first-order valence-electron chi connectivity index (χ1n) is 4.98. The molecular weight excluding hydrogens is 206 g/mol. The van der Waals surface area contributed by atoms with Crippen molar-refractivity contribution in [2.45, 2.75) is 20.0 Å². The molecule has 0 spiro atoms. The van der Waals surface area contributed by atoms with Gasteiger partial charge in [-0.1, -0.05) is 0 Å². The largest absolute Gasteiger partial charge is 0.306 e. The summed E-state index contributed by atoms with van der Waals surface area (Å²) < 4.78 is 1.90. The van der Waals surface area contributed by atoms with Crippen molar-refractivity contribution in [2.24, 2.45) is 7.05 Å². The van der Waals surface area contributed by atoms with Crippen molar-refractivity contribution in [3.8, 4) is 0 Å². The standard InChI is InChI=1S/C11H15N3S/c1-9-4-6-15-11(9)8-12-7-10-3-5-13-14(10)2/h3-6,12H,7-8H2,1-2H3. The molecule has 80 valence electrons. The molecule has 2 rings (SSSR count). The van der Waals surface area contributed by atoms with Crippen LogP contribution in [0.2, 0.25) is 0 Å². The van der Waals surface area contributed by atoms with E-state index >= 15 is 0 Å². The molecule has 0 saturated heterocycles. The zero-order chi connectivity index (χ0) is 10.7. The molecule has 0 saturated carbocycles. The van der Waals surface area contributed by atoms with E-state index in [0.717, 1.165) is 13.1 Å². The molecule has 1 N–H and O–H groups in total. The van der Waals surface area contributed by atoms with Crippen LogP contribution in [-0.2, 0) is 20.1 Å². The molecule has 0 radical (unpaired) electrons. The molecule has 0 atom stereocenters. The van der Waals surface area contributed by atoms with Crippen LogP contribution < -0.4 is 5.32 Å². The van der Waals surface area contributed by atoms with Crippen LogP contribution >= 0.6 is 11.3 Å². The molecule has 0 bridgehead atoms. The number of thiophene rings is 1. The molecule has 2 aromatic heterocycles. The number of hydrogen-bond acceptors (Lipinski definition) is 3. The molecule has 15 heavy (non-hydrogen) atoms. The Morgan fingerprint density at radius 2 is 2.27 bits per heavy atom. The summed E-state index contributed by atoms with van der Waals surface area (Å²) in [5.74, 6) is 0. The minimum Gasteiger partial charge on any atom is -0.306 e. The summed E-state index contributed by atoms with van der Waals surface area (Å²) in [4.78, 5) is 1.41. The summed E-state index contributed by atoms with van der Waals surface area (Å²) in [6.07, 6.45) is 1.83. The lowest BCUT2D eigenvalue weighted by Crippen LogP contribution is -2.14. The van der Waals surface area contributed by atoms with Gasteiger partial charge in [0.25, 0.3) is 0 Å². The highest BCUT2D eigenvalue weighted by Crippen LogP contribution is 2.14. The Kier molecular flexibility index (Phi) is 3.18. The van der Waals surface area contributed by atoms with Crippen molar-refractivity contribution in [3.05, 3.63) is 39.8 Å². The van der Waals surface area contributed by atoms with Crippen LogP contribution in [0.1, 0.15) is 16.1 Å². The Morgan fingerprint density at radius 1 is 1.40 bits per heavy atom. The van der Waals surface area contributed by atoms with E-state index < -0.39 is 0 Å². The second kappa shape index (κ2) is 4.59. The van der Waals surface area contributed by atoms with Crippen LogP contribution in [0.25, 0.3) is 0 Å². The molecule has 0 unspecified atom stereocenters. The number of hydrogen-bond donors (Lipinski definition) is 1. The van der Waals surface area contributed by atoms with Gasteiger partial charge in [0.15, 0.2) is 0 Å². The summed E-state index contributed by atoms with van der Waals surface area (Å²) in [5, 5.41) is 9.69. The van der Waals surface area contributed by atoms with Gasteiger partial charge in [-0.25, -0.2) is 0 Å². The average Bonchev–Trinajstić information content (AvgIpc) is 2.78. The van der Waals surface area contributed by atoms with Gasteiger partial charge in [0, 0.05) is 31.2 Å². The van der Waals surface area contributed by atoms with E-state index in [4.69, 9.17) is 0 Å². The van der Waals surface area contributed by atoms with Gasteiger partial charge in [0.1, 0.15) is 0 Å². The smallest absolute Gasteiger partial charge is 0.0518 e. The second-order valence-corrected chi connectivity index (χ2v) is 4.58. The minimum atomic E-state index is 0.869. The maximum Gasteiger partial charge on any atom is 0.0518 e. The Bertz CT molecular complexity index is 390. The predicted molar refractivity (Wildman–Crippen MR) is 62.8 cm³/mol. The van der Waals surface area contributed by atoms with Crippen molar-refractivity contribution in [1.29, 1.82) is 0 Å². The fraction of sp³-hybridized carbons (Fsp3) is 0.364. The van der Waals surface area contributed by atoms with Gasteiger partial charge in [0.05, 0.1) is 5.69 Å². The summed E-state index contributed by atoms with van der Waals surface area (Å²) in [5.41, 5.74) is 2.58. The Labute approximate surface area is 93.7 Å². The molecule has 2 heterocycles. The molecule has 4 heteroatoms. The van der Waals surface area contributed by atoms with Crippen LogP contribution in [0.5, 0.6) is 0 Å². The highest BCUT2D eigenvalue weighted by atomic mass is 32.1. The van der Waals surface area contributed by atoms with Gasteiger partial charge < -0.3 is 5.32 Å². The maximum absolute atomic E-state index is 4.13. The monoisotopic (exact) mass is 221 g/mol. The highest BCUT2D eigenvalue weighted by molar-refractivity contribution is 7.10. The molecule has 0 aliphatic carbocycles. The number of aromatic nitrogens is 2. The Hall–Kier alpha value is -1.13. The zero-order valence-electron chi connectivity index (χ0n) is 9.03. The van der Waals surface area contributed by atoms with Gasteiger partial charge in [-0.2, -0.15) is 5.10 Å². The van der Waals surface area contributed by atoms with Crippen molar-refractivity contribution in [3.63, 3.8) is 0 Å². The second-order valence-electron chi connectivity index (χ2n) is 3.58. The first-order chi connectivity index (χ1) is 7.27. The average molecular weight is 221 g/mol. The van der Waals surface area contributed by atoms with Crippen molar-refractivity contribution in [1.82, 2.24) is 15.1 Å². The normalized spacial score (nSPS) is 10.8. The van der Waals surface area contributed by atoms with E-state index in [9.17, 15) is 0 Å². The fourth-order valence-corrected chi connectivity index (χ4v) is 2.34. The molecule has 0 fully saturated rings. The van der Waals surface area contributed by atoms with Gasteiger partial charge >= 0.3 is 0 Å². The van der Waals surface area contributed by atoms with Crippen LogP contribution in [0.4, 0.5) is 0 Å². The lowest BCUT2D eigenvalue weighted by molar-refractivity contribution is 0.628. The molecular formula is C11H15N3S. The zero-order valence-corrected chi connectivity index (χ0v) is 9.84. The summed E-state index contributed by atoms with van der Waals surface area (Å²) in [6.45, 7) is 3.96. The van der Waals surface area contributed by atoms with E-state index in [2.05, 4.69) is 28.8 Å². The van der Waals surface area contributed by atoms with Gasteiger partial charge in [-0.05, 0) is 30.0 Å². The van der Waals surface area contributed by atoms with Crippen molar-refractivity contribution >= 4 is 11.3 Å². The van der Waals surface area contributed by atoms with E-state index in [1.807, 2.05) is 24.0 Å². The fourth-order valence-electron chi connectivity index (χ4n) is 1.46. The van der Waals surface area contributed by atoms with Crippen LogP contribution in [0.15, 0.2) is 23.7 Å². The van der Waals surface area contributed by atoms with Gasteiger partial charge in [0.2, 0.25) is 0 Å². The molecule has 0 aliphatic rings. The number of nitrogens with zero attached hydrogens (tertiary/aromatic N) is 2. The quantitative estimate of drug-likeness (QED) is 0.856. The first-order valence-corrected chi connectivity index (χ1v) is 5.86. The topological polar surface area (TPSA) is 29.9 Å². The molecule has 0 aliphatic heterocycles. The molecule has 3 nitrogen and oxygen atoms in total. The van der Waals surface area contributed by atoms with Gasteiger partial charge in [-0.15, -0.1) is 11.3 Å². The third-order valence-electron chi connectivity index (χ3n) is 2.48. The lowest BCUT2D eigenvalue weighted by Gasteiger charge is -2.04. The minimum absolute atomic E-state index is 0.869. The summed E-state index contributed by atoms with van der Waals surface area (Å²) in [6, 6.07) is 4.19. The number of rotatable bonds is 4. The maximum atomic E-state index is 4.13. The van der Waals surface area contributed by atoms with Crippen LogP contribution in [0, 0.1) is 6.92 Å². The SMILES string of the molecule is Cc1ccsc1CNCc1ccnn1C. The van der Waals surface area contributed by atoms with E-state index in [-0.39, 0.29) is 0 Å². The van der Waals surface area contributed by atoms with Gasteiger partial charge in [-0.3, -0.25) is 4.68 Å². The molecule has 0 amide bonds.